The van der Waals surface area contributed by atoms with Crippen molar-refractivity contribution in [3.05, 3.63) is 35.6 Å². The molecule has 0 aliphatic rings. The topological polar surface area (TPSA) is 63.2 Å². The van der Waals surface area contributed by atoms with E-state index >= 15 is 0 Å². The fourth-order valence-electron chi connectivity index (χ4n) is 1.52. The molecule has 0 radical (unpaired) electrons. The summed E-state index contributed by atoms with van der Waals surface area (Å²) in [6, 6.07) is 5.51. The van der Waals surface area contributed by atoms with Crippen molar-refractivity contribution in [1.29, 1.82) is 0 Å². The first-order chi connectivity index (χ1) is 8.74. The van der Waals surface area contributed by atoms with Crippen molar-refractivity contribution >= 4 is 15.7 Å². The Morgan fingerprint density at radius 2 is 1.84 bits per heavy atom. The van der Waals surface area contributed by atoms with Gasteiger partial charge in [-0.15, -0.1) is 0 Å². The summed E-state index contributed by atoms with van der Waals surface area (Å²) < 4.78 is 37.5. The Balaban J connectivity index is 2.87. The fourth-order valence-corrected chi connectivity index (χ4v) is 2.83. The number of benzene rings is 1. The zero-order valence-corrected chi connectivity index (χ0v) is 12.0. The molecule has 106 valence electrons. The van der Waals surface area contributed by atoms with E-state index in [-0.39, 0.29) is 11.6 Å². The van der Waals surface area contributed by atoms with E-state index in [1.165, 1.54) is 25.1 Å². The number of nitrogens with one attached hydrogen (secondary N) is 1. The van der Waals surface area contributed by atoms with Crippen molar-refractivity contribution in [1.82, 2.24) is 5.32 Å². The van der Waals surface area contributed by atoms with Crippen LogP contribution in [-0.2, 0) is 20.4 Å². The SMILES string of the molecule is CC(C)NC(=O)[C@@H](C)S(=O)(=O)Cc1ccccc1F. The highest BCUT2D eigenvalue weighted by atomic mass is 32.2. The summed E-state index contributed by atoms with van der Waals surface area (Å²) in [6.45, 7) is 4.80. The Hall–Kier alpha value is -1.43. The molecule has 0 bridgehead atoms. The molecule has 1 aromatic rings. The Kier molecular flexibility index (Phi) is 5.05. The van der Waals surface area contributed by atoms with Crippen LogP contribution >= 0.6 is 0 Å². The van der Waals surface area contributed by atoms with E-state index in [9.17, 15) is 17.6 Å². The number of sulfone groups is 1. The number of hydrogen-bond donors (Lipinski definition) is 1. The third-order valence-electron chi connectivity index (χ3n) is 2.65. The lowest BCUT2D eigenvalue weighted by Crippen LogP contribution is -2.41. The average molecular weight is 287 g/mol. The van der Waals surface area contributed by atoms with Gasteiger partial charge in [0.25, 0.3) is 0 Å². The number of carbonyl (C=O) groups is 1. The van der Waals surface area contributed by atoms with E-state index in [4.69, 9.17) is 0 Å². The van der Waals surface area contributed by atoms with Gasteiger partial charge in [-0.1, -0.05) is 18.2 Å². The minimum atomic E-state index is -3.73. The van der Waals surface area contributed by atoms with Gasteiger partial charge in [0.2, 0.25) is 5.91 Å². The first-order valence-corrected chi connectivity index (χ1v) is 7.71. The molecule has 1 atom stereocenters. The number of rotatable bonds is 5. The molecule has 0 saturated heterocycles. The second kappa shape index (κ2) is 6.14. The van der Waals surface area contributed by atoms with Gasteiger partial charge in [0.05, 0.1) is 5.75 Å². The van der Waals surface area contributed by atoms with Gasteiger partial charge in [-0.25, -0.2) is 12.8 Å². The van der Waals surface area contributed by atoms with Crippen LogP contribution in [0.25, 0.3) is 0 Å². The smallest absolute Gasteiger partial charge is 0.238 e. The Labute approximate surface area is 112 Å². The molecule has 0 fully saturated rings. The van der Waals surface area contributed by atoms with E-state index in [1.807, 2.05) is 0 Å². The van der Waals surface area contributed by atoms with Crippen LogP contribution in [0.5, 0.6) is 0 Å². The number of hydrogen-bond acceptors (Lipinski definition) is 3. The minimum absolute atomic E-state index is 0.0756. The normalized spacial score (nSPS) is 13.3. The summed E-state index contributed by atoms with van der Waals surface area (Å²) in [4.78, 5) is 11.7. The van der Waals surface area contributed by atoms with Crippen LogP contribution in [0.3, 0.4) is 0 Å². The summed E-state index contributed by atoms with van der Waals surface area (Å²) in [7, 11) is -3.73. The lowest BCUT2D eigenvalue weighted by atomic mass is 10.2. The molecule has 0 aliphatic carbocycles. The summed E-state index contributed by atoms with van der Waals surface area (Å²) in [5, 5.41) is 1.34. The molecule has 4 nitrogen and oxygen atoms in total. The molecule has 0 heterocycles. The molecule has 1 rings (SSSR count). The van der Waals surface area contributed by atoms with Crippen molar-refractivity contribution in [3.63, 3.8) is 0 Å². The standard InChI is InChI=1S/C13H18FNO3S/c1-9(2)15-13(16)10(3)19(17,18)8-11-6-4-5-7-12(11)14/h4-7,9-10H,8H2,1-3H3,(H,15,16)/t10-/m1/s1. The molecule has 0 unspecified atom stereocenters. The molecular weight excluding hydrogens is 269 g/mol. The quantitative estimate of drug-likeness (QED) is 0.895. The van der Waals surface area contributed by atoms with Gasteiger partial charge in [-0.05, 0) is 26.8 Å². The van der Waals surface area contributed by atoms with Crippen molar-refractivity contribution in [2.24, 2.45) is 0 Å². The predicted molar refractivity (Wildman–Crippen MR) is 71.8 cm³/mol. The molecule has 0 aromatic heterocycles. The summed E-state index contributed by atoms with van der Waals surface area (Å²) in [5.41, 5.74) is 0.0756. The van der Waals surface area contributed by atoms with Gasteiger partial charge in [0, 0.05) is 11.6 Å². The van der Waals surface area contributed by atoms with Crippen LogP contribution in [0.4, 0.5) is 4.39 Å². The molecule has 6 heteroatoms. The highest BCUT2D eigenvalue weighted by molar-refractivity contribution is 7.92. The number of carbonyl (C=O) groups excluding carboxylic acids is 1. The first-order valence-electron chi connectivity index (χ1n) is 5.99. The molecule has 1 aromatic carbocycles. The van der Waals surface area contributed by atoms with Crippen LogP contribution in [0.2, 0.25) is 0 Å². The molecule has 0 saturated carbocycles. The largest absolute Gasteiger partial charge is 0.353 e. The monoisotopic (exact) mass is 287 g/mol. The minimum Gasteiger partial charge on any atom is -0.353 e. The van der Waals surface area contributed by atoms with Crippen LogP contribution in [0.15, 0.2) is 24.3 Å². The van der Waals surface area contributed by atoms with Gasteiger partial charge in [-0.2, -0.15) is 0 Å². The maximum absolute atomic E-state index is 13.4. The van der Waals surface area contributed by atoms with E-state index in [0.717, 1.165) is 0 Å². The van der Waals surface area contributed by atoms with Gasteiger partial charge in [0.15, 0.2) is 9.84 Å². The second-order valence-corrected chi connectivity index (χ2v) is 7.03. The average Bonchev–Trinajstić information content (AvgIpc) is 2.30. The zero-order valence-electron chi connectivity index (χ0n) is 11.2. The van der Waals surface area contributed by atoms with Crippen molar-refractivity contribution < 1.29 is 17.6 Å². The third kappa shape index (κ3) is 4.31. The highest BCUT2D eigenvalue weighted by Crippen LogP contribution is 2.14. The van der Waals surface area contributed by atoms with E-state index in [1.54, 1.807) is 19.9 Å². The van der Waals surface area contributed by atoms with Crippen LogP contribution in [-0.4, -0.2) is 25.6 Å². The zero-order chi connectivity index (χ0) is 14.6. The van der Waals surface area contributed by atoms with Gasteiger partial charge < -0.3 is 5.32 Å². The van der Waals surface area contributed by atoms with Gasteiger partial charge in [0.1, 0.15) is 11.1 Å². The van der Waals surface area contributed by atoms with Gasteiger partial charge in [-0.3, -0.25) is 4.79 Å². The third-order valence-corrected chi connectivity index (χ3v) is 4.66. The molecule has 0 spiro atoms. The van der Waals surface area contributed by atoms with Gasteiger partial charge >= 0.3 is 0 Å². The number of amides is 1. The molecule has 1 amide bonds. The molecular formula is C13H18FNO3S. The predicted octanol–water partition coefficient (Wildman–Crippen LogP) is 1.65. The molecule has 1 N–H and O–H groups in total. The Bertz CT molecular complexity index is 555. The van der Waals surface area contributed by atoms with Crippen LogP contribution in [0, 0.1) is 5.82 Å². The van der Waals surface area contributed by atoms with Crippen molar-refractivity contribution in [2.75, 3.05) is 0 Å². The lowest BCUT2D eigenvalue weighted by molar-refractivity contribution is -0.120. The number of halogens is 1. The fraction of sp³-hybridized carbons (Fsp3) is 0.462. The van der Waals surface area contributed by atoms with E-state index in [0.29, 0.717) is 0 Å². The van der Waals surface area contributed by atoms with E-state index in [2.05, 4.69) is 5.32 Å². The first kappa shape index (κ1) is 15.6. The lowest BCUT2D eigenvalue weighted by Gasteiger charge is -2.15. The maximum Gasteiger partial charge on any atom is 0.238 e. The van der Waals surface area contributed by atoms with Crippen LogP contribution in [0.1, 0.15) is 26.3 Å². The summed E-state index contributed by atoms with van der Waals surface area (Å²) in [5.74, 6) is -1.62. The Morgan fingerprint density at radius 3 is 2.37 bits per heavy atom. The van der Waals surface area contributed by atoms with E-state index < -0.39 is 32.6 Å². The summed E-state index contributed by atoms with van der Waals surface area (Å²) >= 11 is 0. The molecule has 19 heavy (non-hydrogen) atoms. The summed E-state index contributed by atoms with van der Waals surface area (Å²) in [6.07, 6.45) is 0. The second-order valence-electron chi connectivity index (χ2n) is 4.70. The van der Waals surface area contributed by atoms with Crippen molar-refractivity contribution in [2.45, 2.75) is 37.8 Å². The highest BCUT2D eigenvalue weighted by Gasteiger charge is 2.29. The molecule has 0 aliphatic heterocycles. The van der Waals surface area contributed by atoms with Crippen LogP contribution < -0.4 is 5.32 Å². The van der Waals surface area contributed by atoms with Crippen molar-refractivity contribution in [3.8, 4) is 0 Å². The Morgan fingerprint density at radius 1 is 1.26 bits per heavy atom. The maximum atomic E-state index is 13.4.